The van der Waals surface area contributed by atoms with Gasteiger partial charge in [-0.15, -0.1) is 0 Å². The highest BCUT2D eigenvalue weighted by Gasteiger charge is 2.35. The molecule has 158 valence electrons. The van der Waals surface area contributed by atoms with E-state index in [4.69, 9.17) is 13.9 Å². The number of nitro benzene ring substituents is 1. The predicted molar refractivity (Wildman–Crippen MR) is 111 cm³/mol. The fraction of sp³-hybridized carbons (Fsp3) is 0.182. The van der Waals surface area contributed by atoms with Crippen LogP contribution in [0, 0.1) is 10.1 Å². The lowest BCUT2D eigenvalue weighted by Crippen LogP contribution is -2.31. The number of non-ortho nitro benzene ring substituents is 1. The number of hydrazone groups is 1. The average molecular weight is 421 g/mol. The summed E-state index contributed by atoms with van der Waals surface area (Å²) in [6.07, 6.45) is 2.02. The van der Waals surface area contributed by atoms with E-state index >= 15 is 0 Å². The molecule has 1 aliphatic rings. The van der Waals surface area contributed by atoms with Gasteiger partial charge < -0.3 is 13.9 Å². The molecule has 0 spiro atoms. The van der Waals surface area contributed by atoms with Crippen molar-refractivity contribution >= 4 is 17.3 Å². The molecule has 2 aromatic carbocycles. The molecule has 1 aliphatic heterocycles. The summed E-state index contributed by atoms with van der Waals surface area (Å²) in [4.78, 5) is 23.3. The molecule has 0 N–H and O–H groups in total. The highest BCUT2D eigenvalue weighted by Crippen LogP contribution is 2.33. The van der Waals surface area contributed by atoms with E-state index in [1.165, 1.54) is 23.2 Å². The molecule has 1 aromatic heterocycles. The molecule has 0 bridgehead atoms. The van der Waals surface area contributed by atoms with Gasteiger partial charge in [-0.2, -0.15) is 5.10 Å². The maximum absolute atomic E-state index is 12.9. The second kappa shape index (κ2) is 8.70. The Morgan fingerprint density at radius 1 is 1.19 bits per heavy atom. The lowest BCUT2D eigenvalue weighted by molar-refractivity contribution is -0.384. The Morgan fingerprint density at radius 2 is 2.00 bits per heavy atom. The first-order chi connectivity index (χ1) is 15.0. The summed E-state index contributed by atoms with van der Waals surface area (Å²) in [5.74, 6) is 1.17. The van der Waals surface area contributed by atoms with Gasteiger partial charge in [0, 0.05) is 12.5 Å². The lowest BCUT2D eigenvalue weighted by Gasteiger charge is -2.19. The Bertz CT molecular complexity index is 1110. The minimum absolute atomic E-state index is 0.112. The van der Waals surface area contributed by atoms with Gasteiger partial charge in [-0.1, -0.05) is 6.07 Å². The van der Waals surface area contributed by atoms with Gasteiger partial charge in [0.05, 0.1) is 30.1 Å². The molecule has 1 atom stereocenters. The molecular weight excluding hydrogens is 402 g/mol. The van der Waals surface area contributed by atoms with Gasteiger partial charge in [0.25, 0.3) is 11.6 Å². The van der Waals surface area contributed by atoms with Crippen LogP contribution in [0.2, 0.25) is 0 Å². The zero-order chi connectivity index (χ0) is 21.8. The van der Waals surface area contributed by atoms with E-state index in [1.54, 1.807) is 31.6 Å². The zero-order valence-electron chi connectivity index (χ0n) is 16.6. The van der Waals surface area contributed by atoms with Crippen LogP contribution in [0.4, 0.5) is 5.69 Å². The first-order valence-electron chi connectivity index (χ1n) is 9.50. The Balaban J connectivity index is 1.53. The van der Waals surface area contributed by atoms with Crippen molar-refractivity contribution in [3.63, 3.8) is 0 Å². The van der Waals surface area contributed by atoms with Gasteiger partial charge in [-0.05, 0) is 48.0 Å². The van der Waals surface area contributed by atoms with Gasteiger partial charge in [-0.25, -0.2) is 5.01 Å². The smallest absolute Gasteiger partial charge is 0.281 e. The van der Waals surface area contributed by atoms with Gasteiger partial charge in [0.2, 0.25) is 0 Å². The number of nitro groups is 1. The molecule has 0 saturated heterocycles. The number of ether oxygens (including phenoxy) is 2. The standard InChI is InChI=1S/C22H19N3O6/c1-29-17-9-7-15(8-10-17)19-13-20(21-6-3-11-30-21)24(23-19)22(26)14-31-18-5-2-4-16(12-18)25(27)28/h2-12,20H,13-14H2,1H3. The summed E-state index contributed by atoms with van der Waals surface area (Å²) in [5, 5.41) is 16.8. The number of amides is 1. The maximum atomic E-state index is 12.9. The third-order valence-electron chi connectivity index (χ3n) is 4.85. The van der Waals surface area contributed by atoms with Crippen LogP contribution in [0.1, 0.15) is 23.8 Å². The molecule has 1 amide bonds. The number of carbonyl (C=O) groups excluding carboxylic acids is 1. The fourth-order valence-corrected chi connectivity index (χ4v) is 3.30. The van der Waals surface area contributed by atoms with Crippen molar-refractivity contribution in [2.24, 2.45) is 5.10 Å². The van der Waals surface area contributed by atoms with Crippen LogP contribution < -0.4 is 9.47 Å². The monoisotopic (exact) mass is 421 g/mol. The van der Waals surface area contributed by atoms with Gasteiger partial charge >= 0.3 is 0 Å². The van der Waals surface area contributed by atoms with Crippen LogP contribution in [0.3, 0.4) is 0 Å². The second-order valence-electron chi connectivity index (χ2n) is 6.79. The van der Waals surface area contributed by atoms with Gasteiger partial charge in [-0.3, -0.25) is 14.9 Å². The normalized spacial score (nSPS) is 15.5. The molecule has 2 heterocycles. The van der Waals surface area contributed by atoms with Crippen LogP contribution in [-0.2, 0) is 4.79 Å². The van der Waals surface area contributed by atoms with E-state index < -0.39 is 16.9 Å². The topological polar surface area (TPSA) is 107 Å². The summed E-state index contributed by atoms with van der Waals surface area (Å²) < 4.78 is 16.2. The first kappa shape index (κ1) is 20.1. The number of carbonyl (C=O) groups is 1. The predicted octanol–water partition coefficient (Wildman–Crippen LogP) is 3.95. The highest BCUT2D eigenvalue weighted by atomic mass is 16.6. The molecule has 0 radical (unpaired) electrons. The molecule has 0 saturated carbocycles. The minimum atomic E-state index is -0.520. The zero-order valence-corrected chi connectivity index (χ0v) is 16.6. The molecule has 4 rings (SSSR count). The summed E-state index contributed by atoms with van der Waals surface area (Å²) in [6, 6.07) is 16.2. The Kier molecular flexibility index (Phi) is 5.65. The summed E-state index contributed by atoms with van der Waals surface area (Å²) in [7, 11) is 1.59. The highest BCUT2D eigenvalue weighted by molar-refractivity contribution is 6.03. The molecule has 9 heteroatoms. The maximum Gasteiger partial charge on any atom is 0.281 e. The Labute approximate surface area is 177 Å². The number of hydrogen-bond acceptors (Lipinski definition) is 7. The SMILES string of the molecule is COc1ccc(C2=NN(C(=O)COc3cccc([N+](=O)[O-])c3)C(c3ccco3)C2)cc1. The van der Waals surface area contributed by atoms with E-state index in [-0.39, 0.29) is 18.0 Å². The van der Waals surface area contributed by atoms with Crippen LogP contribution in [0.25, 0.3) is 0 Å². The first-order valence-corrected chi connectivity index (χ1v) is 9.50. The number of methoxy groups -OCH3 is 1. The second-order valence-corrected chi connectivity index (χ2v) is 6.79. The lowest BCUT2D eigenvalue weighted by atomic mass is 10.0. The summed E-state index contributed by atoms with van der Waals surface area (Å²) >= 11 is 0. The number of benzene rings is 2. The largest absolute Gasteiger partial charge is 0.497 e. The van der Waals surface area contributed by atoms with Crippen molar-refractivity contribution in [1.82, 2.24) is 5.01 Å². The van der Waals surface area contributed by atoms with Crippen molar-refractivity contribution in [3.05, 3.63) is 88.4 Å². The molecule has 0 fully saturated rings. The van der Waals surface area contributed by atoms with E-state index in [2.05, 4.69) is 5.10 Å². The molecular formula is C22H19N3O6. The number of nitrogens with zero attached hydrogens (tertiary/aromatic N) is 3. The number of hydrogen-bond donors (Lipinski definition) is 0. The molecule has 1 unspecified atom stereocenters. The van der Waals surface area contributed by atoms with Crippen molar-refractivity contribution in [3.8, 4) is 11.5 Å². The van der Waals surface area contributed by atoms with E-state index in [0.717, 1.165) is 17.0 Å². The van der Waals surface area contributed by atoms with Crippen molar-refractivity contribution in [2.45, 2.75) is 12.5 Å². The van der Waals surface area contributed by atoms with E-state index in [0.29, 0.717) is 12.2 Å². The Hall–Kier alpha value is -4.14. The van der Waals surface area contributed by atoms with Gasteiger partial charge in [0.15, 0.2) is 6.61 Å². The molecule has 9 nitrogen and oxygen atoms in total. The summed E-state index contributed by atoms with van der Waals surface area (Å²) in [6.45, 7) is -0.322. The van der Waals surface area contributed by atoms with Crippen molar-refractivity contribution in [1.29, 1.82) is 0 Å². The van der Waals surface area contributed by atoms with E-state index in [9.17, 15) is 14.9 Å². The number of furan rings is 1. The van der Waals surface area contributed by atoms with Crippen LogP contribution in [-0.4, -0.2) is 35.3 Å². The molecule has 31 heavy (non-hydrogen) atoms. The van der Waals surface area contributed by atoms with Crippen LogP contribution in [0.5, 0.6) is 11.5 Å². The summed E-state index contributed by atoms with van der Waals surface area (Å²) in [5.41, 5.74) is 1.49. The number of rotatable bonds is 7. The third kappa shape index (κ3) is 4.40. The minimum Gasteiger partial charge on any atom is -0.497 e. The fourth-order valence-electron chi connectivity index (χ4n) is 3.30. The van der Waals surface area contributed by atoms with E-state index in [1.807, 2.05) is 24.3 Å². The van der Waals surface area contributed by atoms with Crippen molar-refractivity contribution in [2.75, 3.05) is 13.7 Å². The third-order valence-corrected chi connectivity index (χ3v) is 4.85. The molecule has 3 aromatic rings. The van der Waals surface area contributed by atoms with Gasteiger partial charge in [0.1, 0.15) is 23.3 Å². The van der Waals surface area contributed by atoms with Crippen molar-refractivity contribution < 1.29 is 23.6 Å². The van der Waals surface area contributed by atoms with Crippen LogP contribution in [0.15, 0.2) is 76.4 Å². The average Bonchev–Trinajstić information content (AvgIpc) is 3.48. The molecule has 0 aliphatic carbocycles. The van der Waals surface area contributed by atoms with Crippen LogP contribution >= 0.6 is 0 Å². The quantitative estimate of drug-likeness (QED) is 0.422. The Morgan fingerprint density at radius 3 is 2.68 bits per heavy atom.